The third-order valence-electron chi connectivity index (χ3n) is 7.67. The van der Waals surface area contributed by atoms with Crippen molar-refractivity contribution in [3.63, 3.8) is 0 Å². The minimum absolute atomic E-state index is 0.0373. The molecule has 44 heavy (non-hydrogen) atoms. The van der Waals surface area contributed by atoms with E-state index in [2.05, 4.69) is 0 Å². The Bertz CT molecular complexity index is 1410. The summed E-state index contributed by atoms with van der Waals surface area (Å²) in [7, 11) is 1.14. The first-order valence-electron chi connectivity index (χ1n) is 12.9. The van der Waals surface area contributed by atoms with Gasteiger partial charge in [0.15, 0.2) is 0 Å². The zero-order valence-corrected chi connectivity index (χ0v) is 22.7. The molecule has 0 aromatic heterocycles. The number of hydrogen-bond donors (Lipinski definition) is 0. The summed E-state index contributed by atoms with van der Waals surface area (Å²) in [5, 5.41) is 0. The van der Waals surface area contributed by atoms with Gasteiger partial charge in [-0.15, -0.1) is 0 Å². The van der Waals surface area contributed by atoms with Crippen LogP contribution in [0.5, 0.6) is 5.75 Å². The van der Waals surface area contributed by atoms with Crippen LogP contribution in [-0.2, 0) is 23.3 Å². The average Bonchev–Trinajstić information content (AvgIpc) is 3.19. The first-order valence-corrected chi connectivity index (χ1v) is 12.9. The maximum Gasteiger partial charge on any atom is 0.416 e. The molecule has 4 rings (SSSR count). The van der Waals surface area contributed by atoms with E-state index in [0.29, 0.717) is 18.2 Å². The number of halogens is 12. The molecule has 0 saturated carbocycles. The predicted molar refractivity (Wildman–Crippen MR) is 130 cm³/mol. The van der Waals surface area contributed by atoms with E-state index in [9.17, 15) is 57.5 Å². The van der Waals surface area contributed by atoms with Crippen molar-refractivity contribution in [1.29, 1.82) is 0 Å². The molecule has 0 N–H and O–H groups in total. The number of benzene rings is 2. The molecule has 3 atom stereocenters. The van der Waals surface area contributed by atoms with E-state index < -0.39 is 90.5 Å². The van der Waals surface area contributed by atoms with Crippen molar-refractivity contribution < 1.29 is 67.0 Å². The van der Waals surface area contributed by atoms with Gasteiger partial charge in [0.05, 0.1) is 35.8 Å². The van der Waals surface area contributed by atoms with Crippen molar-refractivity contribution in [2.24, 2.45) is 5.92 Å². The number of carbonyl (C=O) groups is 1. The third-order valence-corrected chi connectivity index (χ3v) is 7.67. The summed E-state index contributed by atoms with van der Waals surface area (Å²) in [6, 6.07) is 1.79. The summed E-state index contributed by atoms with van der Waals surface area (Å²) in [6.45, 7) is 0.571. The molecule has 1 amide bonds. The largest absolute Gasteiger partial charge is 0.496 e. The van der Waals surface area contributed by atoms with Gasteiger partial charge in [-0.3, -0.25) is 4.90 Å². The summed E-state index contributed by atoms with van der Waals surface area (Å²) in [5.74, 6) is -2.02. The Hall–Kier alpha value is -3.59. The fourth-order valence-electron chi connectivity index (χ4n) is 5.41. The topological polar surface area (TPSA) is 38.8 Å². The van der Waals surface area contributed by atoms with Crippen molar-refractivity contribution in [2.45, 2.75) is 63.0 Å². The lowest BCUT2D eigenvalue weighted by atomic mass is 9.80. The van der Waals surface area contributed by atoms with E-state index in [-0.39, 0.29) is 34.9 Å². The number of hydrogen-bond acceptors (Lipinski definition) is 3. The first kappa shape index (κ1) is 33.3. The average molecular weight is 649 g/mol. The lowest BCUT2D eigenvalue weighted by Gasteiger charge is -2.32. The monoisotopic (exact) mass is 649 g/mol. The SMILES string of the molecule is COc1ccc(C(F)(F)F)cc1C1=C(CN2C(=O)O[C@H](c3cc(C(F)(F)F)cc(C(F)(F)F)c3)[C@@H]2C)CC(C(F)(F)F)CC1. The van der Waals surface area contributed by atoms with Crippen LogP contribution in [0.2, 0.25) is 0 Å². The molecular formula is C28H23F12NO3. The molecule has 1 aliphatic heterocycles. The van der Waals surface area contributed by atoms with E-state index >= 15 is 0 Å². The van der Waals surface area contributed by atoms with Crippen molar-refractivity contribution >= 4 is 11.7 Å². The van der Waals surface area contributed by atoms with Gasteiger partial charge in [-0.25, -0.2) is 4.79 Å². The van der Waals surface area contributed by atoms with Gasteiger partial charge in [-0.05, 0) is 79.3 Å². The lowest BCUT2D eigenvalue weighted by molar-refractivity contribution is -0.176. The molecule has 0 bridgehead atoms. The number of amides is 1. The van der Waals surface area contributed by atoms with Crippen LogP contribution >= 0.6 is 0 Å². The van der Waals surface area contributed by atoms with Gasteiger partial charge in [-0.1, -0.05) is 0 Å². The highest BCUT2D eigenvalue weighted by molar-refractivity contribution is 5.77. The van der Waals surface area contributed by atoms with Crippen LogP contribution in [0.25, 0.3) is 5.57 Å². The van der Waals surface area contributed by atoms with Crippen LogP contribution < -0.4 is 4.74 Å². The maximum absolute atomic E-state index is 13.7. The van der Waals surface area contributed by atoms with E-state index in [1.807, 2.05) is 0 Å². The number of cyclic esters (lactones) is 1. The number of allylic oxidation sites excluding steroid dienone is 1. The molecule has 1 heterocycles. The minimum atomic E-state index is -5.19. The number of nitrogens with zero attached hydrogens (tertiary/aromatic N) is 1. The molecule has 2 aliphatic rings. The highest BCUT2D eigenvalue weighted by Gasteiger charge is 2.46. The highest BCUT2D eigenvalue weighted by atomic mass is 19.4. The third kappa shape index (κ3) is 6.88. The van der Waals surface area contributed by atoms with Crippen LogP contribution in [0.4, 0.5) is 57.5 Å². The number of methoxy groups -OCH3 is 1. The van der Waals surface area contributed by atoms with Gasteiger partial charge in [0.2, 0.25) is 0 Å². The van der Waals surface area contributed by atoms with Gasteiger partial charge in [-0.2, -0.15) is 52.7 Å². The van der Waals surface area contributed by atoms with E-state index in [0.717, 1.165) is 24.1 Å². The summed E-state index contributed by atoms with van der Waals surface area (Å²) < 4.78 is 173. The molecule has 2 aromatic carbocycles. The maximum atomic E-state index is 13.7. The van der Waals surface area contributed by atoms with Crippen LogP contribution in [0, 0.1) is 5.92 Å². The number of rotatable bonds is 5. The second-order valence-corrected chi connectivity index (χ2v) is 10.5. The van der Waals surface area contributed by atoms with Gasteiger partial charge in [0.25, 0.3) is 0 Å². The van der Waals surface area contributed by atoms with E-state index in [4.69, 9.17) is 9.47 Å². The Balaban J connectivity index is 1.78. The molecule has 2 aromatic rings. The lowest BCUT2D eigenvalue weighted by Crippen LogP contribution is -2.36. The summed E-state index contributed by atoms with van der Waals surface area (Å²) >= 11 is 0. The number of ether oxygens (including phenoxy) is 2. The second-order valence-electron chi connectivity index (χ2n) is 10.5. The van der Waals surface area contributed by atoms with Crippen molar-refractivity contribution in [3.05, 3.63) is 69.8 Å². The van der Waals surface area contributed by atoms with Crippen molar-refractivity contribution in [2.75, 3.05) is 13.7 Å². The van der Waals surface area contributed by atoms with Gasteiger partial charge < -0.3 is 9.47 Å². The molecule has 4 nitrogen and oxygen atoms in total. The van der Waals surface area contributed by atoms with Gasteiger partial charge in [0, 0.05) is 12.1 Å². The molecule has 0 spiro atoms. The minimum Gasteiger partial charge on any atom is -0.496 e. The normalized spacial score (nSPS) is 22.0. The van der Waals surface area contributed by atoms with Crippen molar-refractivity contribution in [3.8, 4) is 5.75 Å². The molecular weight excluding hydrogens is 626 g/mol. The zero-order chi connectivity index (χ0) is 33.0. The molecule has 1 saturated heterocycles. The second kappa shape index (κ2) is 11.4. The van der Waals surface area contributed by atoms with E-state index in [1.54, 1.807) is 0 Å². The Morgan fingerprint density at radius 3 is 1.91 bits per heavy atom. The Morgan fingerprint density at radius 1 is 0.841 bits per heavy atom. The Kier molecular flexibility index (Phi) is 8.63. The standard InChI is InChI=1S/C28H23F12NO3/c1-13-23(14-7-18(27(35,36)37)10-19(8-14)28(38,39)40)44-24(42)41(13)12-15-9-16(25(29,30)31)3-5-20(15)21-11-17(26(32,33)34)4-6-22(21)43-2/h4,6-8,10-11,13,16,23H,3,5,9,12H2,1-2H3/t13-,16?,23-/m0/s1. The molecule has 242 valence electrons. The zero-order valence-electron chi connectivity index (χ0n) is 22.7. The smallest absolute Gasteiger partial charge is 0.416 e. The molecule has 0 radical (unpaired) electrons. The molecule has 16 heteroatoms. The highest BCUT2D eigenvalue weighted by Crippen LogP contribution is 2.47. The predicted octanol–water partition coefficient (Wildman–Crippen LogP) is 9.45. The Morgan fingerprint density at radius 2 is 1.41 bits per heavy atom. The fraction of sp³-hybridized carbons (Fsp3) is 0.464. The van der Waals surface area contributed by atoms with Crippen molar-refractivity contribution in [1.82, 2.24) is 4.90 Å². The summed E-state index contributed by atoms with van der Waals surface area (Å²) in [5.41, 5.74) is -5.33. The number of carbonyl (C=O) groups excluding carboxylic acids is 1. The van der Waals surface area contributed by atoms with Crippen LogP contribution in [0.1, 0.15) is 60.1 Å². The molecule has 1 unspecified atom stereocenters. The first-order chi connectivity index (χ1) is 20.1. The van der Waals surface area contributed by atoms with Crippen LogP contribution in [0.15, 0.2) is 42.0 Å². The molecule has 1 fully saturated rings. The van der Waals surface area contributed by atoms with Gasteiger partial charge in [0.1, 0.15) is 11.9 Å². The fourth-order valence-corrected chi connectivity index (χ4v) is 5.41. The van der Waals surface area contributed by atoms with E-state index in [1.165, 1.54) is 6.92 Å². The number of alkyl halides is 12. The van der Waals surface area contributed by atoms with Crippen LogP contribution in [0.3, 0.4) is 0 Å². The molecule has 1 aliphatic carbocycles. The summed E-state index contributed by atoms with van der Waals surface area (Å²) in [4.78, 5) is 13.7. The van der Waals surface area contributed by atoms with Gasteiger partial charge >= 0.3 is 30.8 Å². The Labute approximate surface area is 242 Å². The van der Waals surface area contributed by atoms with Crippen LogP contribution in [-0.4, -0.2) is 36.9 Å². The summed E-state index contributed by atoms with van der Waals surface area (Å²) in [6.07, 6.45) is -24.4. The quantitative estimate of drug-likeness (QED) is 0.303.